The van der Waals surface area contributed by atoms with E-state index in [1.54, 1.807) is 0 Å². The van der Waals surface area contributed by atoms with Crippen molar-refractivity contribution >= 4 is 39.0 Å². The highest BCUT2D eigenvalue weighted by molar-refractivity contribution is 6.06. The maximum absolute atomic E-state index is 6.35. The van der Waals surface area contributed by atoms with E-state index in [1.807, 2.05) is 12.1 Å². The Labute approximate surface area is 292 Å². The molecule has 50 heavy (non-hydrogen) atoms. The largest absolute Gasteiger partial charge is 0.456 e. The smallest absolute Gasteiger partial charge is 0.137 e. The molecule has 0 unspecified atom stereocenters. The molecule has 0 N–H and O–H groups in total. The van der Waals surface area contributed by atoms with E-state index in [4.69, 9.17) is 4.42 Å². The van der Waals surface area contributed by atoms with Crippen LogP contribution >= 0.6 is 0 Å². The van der Waals surface area contributed by atoms with E-state index >= 15 is 0 Å². The highest BCUT2D eigenvalue weighted by atomic mass is 16.3. The van der Waals surface area contributed by atoms with E-state index < -0.39 is 0 Å². The van der Waals surface area contributed by atoms with E-state index in [2.05, 4.69) is 193 Å². The van der Waals surface area contributed by atoms with Gasteiger partial charge in [0.25, 0.3) is 0 Å². The second-order valence-electron chi connectivity index (χ2n) is 12.6. The molecule has 0 fully saturated rings. The molecule has 1 heterocycles. The van der Waals surface area contributed by atoms with Gasteiger partial charge >= 0.3 is 0 Å². The van der Waals surface area contributed by atoms with Crippen molar-refractivity contribution in [3.63, 3.8) is 0 Å². The zero-order valence-electron chi connectivity index (χ0n) is 27.4. The lowest BCUT2D eigenvalue weighted by molar-refractivity contribution is 0.669. The molecule has 2 heteroatoms. The average Bonchev–Trinajstić information content (AvgIpc) is 3.57. The van der Waals surface area contributed by atoms with Gasteiger partial charge in [-0.3, -0.25) is 0 Å². The van der Waals surface area contributed by atoms with E-state index in [-0.39, 0.29) is 0 Å². The summed E-state index contributed by atoms with van der Waals surface area (Å²) in [6.07, 6.45) is 0. The van der Waals surface area contributed by atoms with Crippen molar-refractivity contribution in [1.82, 2.24) is 0 Å². The molecule has 0 spiro atoms. The molecule has 0 aliphatic carbocycles. The molecular weight excluding hydrogens is 607 g/mol. The maximum Gasteiger partial charge on any atom is 0.137 e. The molecule has 9 rings (SSSR count). The summed E-state index contributed by atoms with van der Waals surface area (Å²) in [5, 5.41) is 2.25. The van der Waals surface area contributed by atoms with E-state index in [0.29, 0.717) is 0 Å². The lowest BCUT2D eigenvalue weighted by Gasteiger charge is -2.26. The summed E-state index contributed by atoms with van der Waals surface area (Å²) in [6.45, 7) is 0. The second-order valence-corrected chi connectivity index (χ2v) is 12.6. The first-order valence-electron chi connectivity index (χ1n) is 17.0. The third-order valence-electron chi connectivity index (χ3n) is 9.50. The predicted molar refractivity (Wildman–Crippen MR) is 210 cm³/mol. The molecular formula is C48H33NO. The molecule has 236 valence electrons. The molecule has 8 aromatic carbocycles. The van der Waals surface area contributed by atoms with Crippen LogP contribution in [0.2, 0.25) is 0 Å². The van der Waals surface area contributed by atoms with Crippen LogP contribution in [0.5, 0.6) is 0 Å². The normalized spacial score (nSPS) is 11.2. The third kappa shape index (κ3) is 5.63. The Hall–Kier alpha value is -6.64. The molecule has 2 nitrogen and oxygen atoms in total. The van der Waals surface area contributed by atoms with Crippen molar-refractivity contribution in [2.75, 3.05) is 4.90 Å². The fourth-order valence-electron chi connectivity index (χ4n) is 6.90. The minimum absolute atomic E-state index is 0.872. The van der Waals surface area contributed by atoms with Crippen LogP contribution in [0.25, 0.3) is 66.4 Å². The number of fused-ring (bicyclic) bond motifs is 3. The van der Waals surface area contributed by atoms with Crippen molar-refractivity contribution in [2.24, 2.45) is 0 Å². The Morgan fingerprint density at radius 2 is 0.680 bits per heavy atom. The summed E-state index contributed by atoms with van der Waals surface area (Å²) < 4.78 is 6.35. The quantitative estimate of drug-likeness (QED) is 0.173. The van der Waals surface area contributed by atoms with Gasteiger partial charge in [0.15, 0.2) is 0 Å². The fourth-order valence-corrected chi connectivity index (χ4v) is 6.90. The number of hydrogen-bond donors (Lipinski definition) is 0. The van der Waals surface area contributed by atoms with Gasteiger partial charge in [0.2, 0.25) is 0 Å². The van der Waals surface area contributed by atoms with Crippen LogP contribution in [-0.2, 0) is 0 Å². The summed E-state index contributed by atoms with van der Waals surface area (Å²) in [5.74, 6) is 0. The topological polar surface area (TPSA) is 16.4 Å². The van der Waals surface area contributed by atoms with Crippen LogP contribution < -0.4 is 4.90 Å². The molecule has 0 aliphatic rings. The third-order valence-corrected chi connectivity index (χ3v) is 9.50. The van der Waals surface area contributed by atoms with Gasteiger partial charge in [-0.2, -0.15) is 0 Å². The minimum Gasteiger partial charge on any atom is -0.456 e. The molecule has 0 saturated carbocycles. The zero-order valence-corrected chi connectivity index (χ0v) is 27.4. The second kappa shape index (κ2) is 12.8. The van der Waals surface area contributed by atoms with Crippen LogP contribution in [-0.4, -0.2) is 0 Å². The molecule has 0 bridgehead atoms. The molecule has 0 radical (unpaired) electrons. The van der Waals surface area contributed by atoms with Crippen LogP contribution in [0, 0.1) is 0 Å². The van der Waals surface area contributed by atoms with Gasteiger partial charge in [-0.1, -0.05) is 152 Å². The number of benzene rings is 8. The first kappa shape index (κ1) is 29.5. The van der Waals surface area contributed by atoms with Crippen molar-refractivity contribution in [2.45, 2.75) is 0 Å². The van der Waals surface area contributed by atoms with Crippen LogP contribution in [0.3, 0.4) is 0 Å². The van der Waals surface area contributed by atoms with Gasteiger partial charge in [0.05, 0.1) is 0 Å². The molecule has 0 amide bonds. The Kier molecular flexibility index (Phi) is 7.53. The fraction of sp³-hybridized carbons (Fsp3) is 0. The molecule has 0 atom stereocenters. The van der Waals surface area contributed by atoms with Gasteiger partial charge in [-0.15, -0.1) is 0 Å². The molecule has 1 aromatic heterocycles. The van der Waals surface area contributed by atoms with Crippen molar-refractivity contribution < 1.29 is 4.42 Å². The van der Waals surface area contributed by atoms with Gasteiger partial charge in [0, 0.05) is 33.9 Å². The SMILES string of the molecule is c1ccc(-c2ccc(-c3ccc(N(c4cccc(-c5ccc(-c6ccccc6)cc5)c4)c4ccc5c(c4)oc4ccccc45)cc3)cc2)cc1. The van der Waals surface area contributed by atoms with Gasteiger partial charge in [-0.25, -0.2) is 0 Å². The summed E-state index contributed by atoms with van der Waals surface area (Å²) in [4.78, 5) is 2.32. The molecule has 0 aliphatic heterocycles. The van der Waals surface area contributed by atoms with Crippen LogP contribution in [0.4, 0.5) is 17.1 Å². The number of hydrogen-bond acceptors (Lipinski definition) is 2. The van der Waals surface area contributed by atoms with E-state index in [9.17, 15) is 0 Å². The molecule has 0 saturated heterocycles. The number of rotatable bonds is 7. The summed E-state index contributed by atoms with van der Waals surface area (Å²) in [7, 11) is 0. The summed E-state index contributed by atoms with van der Waals surface area (Å²) in [5.41, 5.74) is 14.5. The lowest BCUT2D eigenvalue weighted by Crippen LogP contribution is -2.10. The first-order valence-corrected chi connectivity index (χ1v) is 17.0. The van der Waals surface area contributed by atoms with Crippen molar-refractivity contribution in [1.29, 1.82) is 0 Å². The summed E-state index contributed by atoms with van der Waals surface area (Å²) in [6, 6.07) is 71.1. The maximum atomic E-state index is 6.35. The van der Waals surface area contributed by atoms with Crippen LogP contribution in [0.15, 0.2) is 205 Å². The first-order chi connectivity index (χ1) is 24.8. The Morgan fingerprint density at radius 1 is 0.260 bits per heavy atom. The van der Waals surface area contributed by atoms with Crippen molar-refractivity contribution in [3.8, 4) is 44.5 Å². The Bertz CT molecular complexity index is 2550. The van der Waals surface area contributed by atoms with E-state index in [0.717, 1.165) is 44.6 Å². The number of anilines is 3. The summed E-state index contributed by atoms with van der Waals surface area (Å²) >= 11 is 0. The minimum atomic E-state index is 0.872. The Balaban J connectivity index is 1.10. The van der Waals surface area contributed by atoms with Gasteiger partial charge < -0.3 is 9.32 Å². The van der Waals surface area contributed by atoms with Gasteiger partial charge in [-0.05, 0) is 87.0 Å². The monoisotopic (exact) mass is 639 g/mol. The highest BCUT2D eigenvalue weighted by Crippen LogP contribution is 2.40. The highest BCUT2D eigenvalue weighted by Gasteiger charge is 2.17. The zero-order chi connectivity index (χ0) is 33.3. The number of para-hydroxylation sites is 1. The lowest BCUT2D eigenvalue weighted by atomic mass is 9.99. The molecule has 9 aromatic rings. The van der Waals surface area contributed by atoms with Crippen LogP contribution in [0.1, 0.15) is 0 Å². The Morgan fingerprint density at radius 3 is 1.28 bits per heavy atom. The predicted octanol–water partition coefficient (Wildman–Crippen LogP) is 13.7. The van der Waals surface area contributed by atoms with Gasteiger partial charge in [0.1, 0.15) is 11.2 Å². The average molecular weight is 640 g/mol. The van der Waals surface area contributed by atoms with Crippen molar-refractivity contribution in [3.05, 3.63) is 200 Å². The number of nitrogens with zero attached hydrogens (tertiary/aromatic N) is 1. The number of furan rings is 1. The van der Waals surface area contributed by atoms with E-state index in [1.165, 1.54) is 38.9 Å². The standard InChI is InChI=1S/C48H33NO/c1-3-10-34(11-4-1)36-18-20-38(21-19-36)39-26-28-42(29-27-39)49(44-30-31-46-45-16-7-8-17-47(45)50-48(46)33-44)43-15-9-14-41(32-43)40-24-22-37(23-25-40)35-12-5-2-6-13-35/h1-33H.